The third-order valence-corrected chi connectivity index (χ3v) is 9.88. The second-order valence-corrected chi connectivity index (χ2v) is 13.1. The molecule has 0 radical (unpaired) electrons. The van der Waals surface area contributed by atoms with Gasteiger partial charge < -0.3 is 0 Å². The Balaban J connectivity index is 1.35. The predicted octanol–water partition coefficient (Wildman–Crippen LogP) is 10.4. The van der Waals surface area contributed by atoms with Crippen molar-refractivity contribution in [3.05, 3.63) is 143 Å². The molecule has 2 aliphatic carbocycles. The van der Waals surface area contributed by atoms with E-state index in [1.54, 1.807) is 0 Å². The monoisotopic (exact) mass is 554 g/mol. The molecule has 43 heavy (non-hydrogen) atoms. The molecule has 0 amide bonds. The van der Waals surface area contributed by atoms with Gasteiger partial charge in [0.15, 0.2) is 0 Å². The quantitative estimate of drug-likeness (QED) is 0.217. The summed E-state index contributed by atoms with van der Waals surface area (Å²) in [5.74, 6) is 0. The maximum absolute atomic E-state index is 5.36. The Morgan fingerprint density at radius 3 is 1.74 bits per heavy atom. The Kier molecular flexibility index (Phi) is 5.46. The summed E-state index contributed by atoms with van der Waals surface area (Å²) in [4.78, 5) is 10.6. The van der Waals surface area contributed by atoms with Crippen LogP contribution >= 0.6 is 0 Å². The normalized spacial score (nSPS) is 15.0. The van der Waals surface area contributed by atoms with Crippen LogP contribution in [0, 0.1) is 6.92 Å². The SMILES string of the molecule is Cc1cc2c(cc1-c1ncc(-c3ccccc3)nc1-c1ccc3c(c1)C(C)(C)c1ccccc1-3)C(C)(C)c1ccccc1-2. The van der Waals surface area contributed by atoms with Crippen molar-refractivity contribution in [2.24, 2.45) is 0 Å². The summed E-state index contributed by atoms with van der Waals surface area (Å²) in [5, 5.41) is 0. The van der Waals surface area contributed by atoms with E-state index in [1.807, 2.05) is 12.3 Å². The van der Waals surface area contributed by atoms with Crippen molar-refractivity contribution in [1.29, 1.82) is 0 Å². The van der Waals surface area contributed by atoms with E-state index >= 15 is 0 Å². The van der Waals surface area contributed by atoms with Gasteiger partial charge in [-0.15, -0.1) is 0 Å². The van der Waals surface area contributed by atoms with E-state index in [2.05, 4.69) is 138 Å². The van der Waals surface area contributed by atoms with Crippen LogP contribution in [0.4, 0.5) is 0 Å². The highest BCUT2D eigenvalue weighted by Crippen LogP contribution is 2.52. The molecule has 0 aliphatic heterocycles. The van der Waals surface area contributed by atoms with Crippen molar-refractivity contribution >= 4 is 0 Å². The van der Waals surface area contributed by atoms with Crippen LogP contribution in [0.5, 0.6) is 0 Å². The van der Waals surface area contributed by atoms with Crippen molar-refractivity contribution < 1.29 is 0 Å². The zero-order valence-corrected chi connectivity index (χ0v) is 25.4. The molecule has 2 aliphatic rings. The summed E-state index contributed by atoms with van der Waals surface area (Å²) in [6.45, 7) is 11.5. The molecule has 1 heterocycles. The second-order valence-electron chi connectivity index (χ2n) is 13.1. The molecule has 0 bridgehead atoms. The average molecular weight is 555 g/mol. The standard InChI is InChI=1S/C41H34N2/c1-25-21-32-29-16-10-12-18-34(29)41(4,5)36(32)23-31(25)39-38(43-37(24-42-39)26-13-7-6-8-14-26)27-19-20-30-28-15-9-11-17-33(28)40(2,3)35(30)22-27/h6-24H,1-5H3. The minimum Gasteiger partial charge on any atom is -0.252 e. The van der Waals surface area contributed by atoms with Gasteiger partial charge >= 0.3 is 0 Å². The molecular formula is C41H34N2. The van der Waals surface area contributed by atoms with E-state index < -0.39 is 0 Å². The number of fused-ring (bicyclic) bond motifs is 6. The lowest BCUT2D eigenvalue weighted by Gasteiger charge is -2.23. The van der Waals surface area contributed by atoms with Gasteiger partial charge in [-0.05, 0) is 69.1 Å². The number of rotatable bonds is 3. The highest BCUT2D eigenvalue weighted by atomic mass is 14.8. The first-order chi connectivity index (χ1) is 20.7. The van der Waals surface area contributed by atoms with Crippen LogP contribution in [-0.2, 0) is 10.8 Å². The van der Waals surface area contributed by atoms with E-state index in [1.165, 1.54) is 50.1 Å². The van der Waals surface area contributed by atoms with Gasteiger partial charge in [-0.3, -0.25) is 4.98 Å². The number of hydrogen-bond donors (Lipinski definition) is 0. The Labute approximate surface area is 254 Å². The molecule has 0 saturated heterocycles. The third-order valence-electron chi connectivity index (χ3n) is 9.88. The molecule has 2 nitrogen and oxygen atoms in total. The van der Waals surface area contributed by atoms with Crippen LogP contribution in [0.3, 0.4) is 0 Å². The van der Waals surface area contributed by atoms with Gasteiger partial charge in [-0.1, -0.05) is 125 Å². The van der Waals surface area contributed by atoms with E-state index in [0.717, 1.165) is 33.8 Å². The molecule has 1 aromatic heterocycles. The predicted molar refractivity (Wildman–Crippen MR) is 178 cm³/mol. The molecule has 0 fully saturated rings. The fourth-order valence-corrected chi connectivity index (χ4v) is 7.50. The molecule has 0 unspecified atom stereocenters. The summed E-state index contributed by atoms with van der Waals surface area (Å²) in [7, 11) is 0. The second kappa shape index (κ2) is 9.09. The minimum atomic E-state index is -0.0914. The molecule has 5 aromatic carbocycles. The number of benzene rings is 5. The number of aryl methyl sites for hydroxylation is 1. The Hall–Kier alpha value is -4.82. The van der Waals surface area contributed by atoms with Gasteiger partial charge in [0.2, 0.25) is 0 Å². The van der Waals surface area contributed by atoms with E-state index in [4.69, 9.17) is 9.97 Å². The zero-order valence-electron chi connectivity index (χ0n) is 25.4. The highest BCUT2D eigenvalue weighted by Gasteiger charge is 2.37. The number of aromatic nitrogens is 2. The molecule has 2 heteroatoms. The molecule has 0 N–H and O–H groups in total. The van der Waals surface area contributed by atoms with Gasteiger partial charge in [-0.25, -0.2) is 4.98 Å². The topological polar surface area (TPSA) is 25.8 Å². The molecule has 208 valence electrons. The van der Waals surface area contributed by atoms with Crippen LogP contribution in [0.15, 0.2) is 115 Å². The molecule has 0 atom stereocenters. The van der Waals surface area contributed by atoms with Crippen molar-refractivity contribution in [3.63, 3.8) is 0 Å². The third kappa shape index (κ3) is 3.72. The lowest BCUT2D eigenvalue weighted by molar-refractivity contribution is 0.660. The van der Waals surface area contributed by atoms with Crippen LogP contribution < -0.4 is 0 Å². The van der Waals surface area contributed by atoms with E-state index in [9.17, 15) is 0 Å². The number of hydrogen-bond acceptors (Lipinski definition) is 2. The highest BCUT2D eigenvalue weighted by molar-refractivity contribution is 5.89. The smallest absolute Gasteiger partial charge is 0.0972 e. The van der Waals surface area contributed by atoms with Crippen LogP contribution in [0.1, 0.15) is 55.5 Å². The lowest BCUT2D eigenvalue weighted by Crippen LogP contribution is -2.15. The lowest BCUT2D eigenvalue weighted by atomic mass is 9.80. The Morgan fingerprint density at radius 1 is 0.465 bits per heavy atom. The molecule has 0 spiro atoms. The van der Waals surface area contributed by atoms with E-state index in [0.29, 0.717) is 0 Å². The maximum atomic E-state index is 5.36. The summed E-state index contributed by atoms with van der Waals surface area (Å²) in [6, 6.07) is 39.6. The first-order valence-electron chi connectivity index (χ1n) is 15.2. The molecule has 8 rings (SSSR count). The fraction of sp³-hybridized carbons (Fsp3) is 0.171. The van der Waals surface area contributed by atoms with E-state index in [-0.39, 0.29) is 10.8 Å². The van der Waals surface area contributed by atoms with Gasteiger partial charge in [-0.2, -0.15) is 0 Å². The van der Waals surface area contributed by atoms with Crippen molar-refractivity contribution in [1.82, 2.24) is 9.97 Å². The zero-order chi connectivity index (χ0) is 29.5. The minimum absolute atomic E-state index is 0.0880. The number of nitrogens with zero attached hydrogens (tertiary/aromatic N) is 2. The summed E-state index contributed by atoms with van der Waals surface area (Å²) in [5.41, 5.74) is 17.8. The maximum Gasteiger partial charge on any atom is 0.0972 e. The average Bonchev–Trinajstić information content (AvgIpc) is 3.40. The van der Waals surface area contributed by atoms with Crippen molar-refractivity contribution in [2.45, 2.75) is 45.4 Å². The molecule has 6 aromatic rings. The fourth-order valence-electron chi connectivity index (χ4n) is 7.50. The summed E-state index contributed by atoms with van der Waals surface area (Å²) < 4.78 is 0. The molecule has 0 saturated carbocycles. The first kappa shape index (κ1) is 25.9. The van der Waals surface area contributed by atoms with Gasteiger partial charge in [0, 0.05) is 27.5 Å². The summed E-state index contributed by atoms with van der Waals surface area (Å²) >= 11 is 0. The van der Waals surface area contributed by atoms with Crippen LogP contribution in [0.2, 0.25) is 0 Å². The Morgan fingerprint density at radius 2 is 1.05 bits per heavy atom. The first-order valence-corrected chi connectivity index (χ1v) is 15.2. The van der Waals surface area contributed by atoms with Gasteiger partial charge in [0.05, 0.1) is 23.3 Å². The van der Waals surface area contributed by atoms with Gasteiger partial charge in [0.25, 0.3) is 0 Å². The van der Waals surface area contributed by atoms with Crippen molar-refractivity contribution in [2.75, 3.05) is 0 Å². The van der Waals surface area contributed by atoms with Crippen molar-refractivity contribution in [3.8, 4) is 56.0 Å². The summed E-state index contributed by atoms with van der Waals surface area (Å²) in [6.07, 6.45) is 1.94. The largest absolute Gasteiger partial charge is 0.252 e. The Bertz CT molecular complexity index is 2080. The van der Waals surface area contributed by atoms with Crippen LogP contribution in [0.25, 0.3) is 56.0 Å². The van der Waals surface area contributed by atoms with Crippen LogP contribution in [-0.4, -0.2) is 9.97 Å². The van der Waals surface area contributed by atoms with Gasteiger partial charge in [0.1, 0.15) is 0 Å². The molecular weight excluding hydrogens is 520 g/mol.